The van der Waals surface area contributed by atoms with Crippen LogP contribution in [-0.4, -0.2) is 16.0 Å². The Labute approximate surface area is 171 Å². The zero-order chi connectivity index (χ0) is 21.7. The lowest BCUT2D eigenvalue weighted by molar-refractivity contribution is -0.385. The molecular formula is C21H20N2O7. The van der Waals surface area contributed by atoms with Crippen LogP contribution in [0.15, 0.2) is 36.4 Å². The van der Waals surface area contributed by atoms with Crippen LogP contribution in [0.25, 0.3) is 0 Å². The molecule has 0 radical (unpaired) electrons. The van der Waals surface area contributed by atoms with Crippen LogP contribution in [0.4, 0.5) is 16.2 Å². The summed E-state index contributed by atoms with van der Waals surface area (Å²) < 4.78 is 10.8. The third-order valence-electron chi connectivity index (χ3n) is 6.03. The SMILES string of the molecule is CC1(c2cc([N+](=O)[O-])ccc2OC(=O)Oc2ccc([N+](=O)[O-])cc2C2(C)CC2)CC1. The van der Waals surface area contributed by atoms with Crippen molar-refractivity contribution in [2.45, 2.75) is 50.4 Å². The van der Waals surface area contributed by atoms with Gasteiger partial charge in [-0.3, -0.25) is 20.2 Å². The Morgan fingerprint density at radius 3 is 1.47 bits per heavy atom. The van der Waals surface area contributed by atoms with E-state index in [4.69, 9.17) is 9.47 Å². The molecule has 2 aliphatic rings. The molecule has 30 heavy (non-hydrogen) atoms. The smallest absolute Gasteiger partial charge is 0.394 e. The molecule has 0 atom stereocenters. The van der Waals surface area contributed by atoms with E-state index in [9.17, 15) is 25.0 Å². The molecule has 0 aromatic heterocycles. The second-order valence-corrected chi connectivity index (χ2v) is 8.45. The molecule has 0 bridgehead atoms. The van der Waals surface area contributed by atoms with Crippen molar-refractivity contribution in [2.75, 3.05) is 0 Å². The number of carbonyl (C=O) groups excluding carboxylic acids is 1. The average molecular weight is 412 g/mol. The number of rotatable bonds is 6. The Morgan fingerprint density at radius 2 is 1.17 bits per heavy atom. The fourth-order valence-corrected chi connectivity index (χ4v) is 3.50. The molecule has 0 N–H and O–H groups in total. The van der Waals surface area contributed by atoms with E-state index in [-0.39, 0.29) is 33.7 Å². The Kier molecular flexibility index (Phi) is 4.48. The number of carbonyl (C=O) groups is 1. The van der Waals surface area contributed by atoms with Crippen LogP contribution in [0.5, 0.6) is 11.5 Å². The normalized spacial score (nSPS) is 17.7. The van der Waals surface area contributed by atoms with Gasteiger partial charge in [0, 0.05) is 35.4 Å². The van der Waals surface area contributed by atoms with Crippen molar-refractivity contribution in [3.63, 3.8) is 0 Å². The number of benzene rings is 2. The molecule has 4 rings (SSSR count). The Balaban J connectivity index is 1.59. The van der Waals surface area contributed by atoms with E-state index in [1.54, 1.807) is 0 Å². The average Bonchev–Trinajstić information content (AvgIpc) is 3.61. The van der Waals surface area contributed by atoms with E-state index in [2.05, 4.69) is 0 Å². The van der Waals surface area contributed by atoms with Gasteiger partial charge in [-0.15, -0.1) is 0 Å². The van der Waals surface area contributed by atoms with Gasteiger partial charge in [-0.05, 0) is 48.6 Å². The Bertz CT molecular complexity index is 988. The highest BCUT2D eigenvalue weighted by molar-refractivity contribution is 5.70. The number of nitro benzene ring substituents is 2. The highest BCUT2D eigenvalue weighted by Crippen LogP contribution is 2.53. The summed E-state index contributed by atoms with van der Waals surface area (Å²) >= 11 is 0. The molecule has 0 spiro atoms. The van der Waals surface area contributed by atoms with Gasteiger partial charge in [0.1, 0.15) is 11.5 Å². The van der Waals surface area contributed by atoms with Crippen LogP contribution in [0.2, 0.25) is 0 Å². The molecule has 0 amide bonds. The van der Waals surface area contributed by atoms with Gasteiger partial charge < -0.3 is 9.47 Å². The van der Waals surface area contributed by atoms with Gasteiger partial charge in [-0.25, -0.2) is 4.79 Å². The van der Waals surface area contributed by atoms with Crippen LogP contribution in [0.3, 0.4) is 0 Å². The van der Waals surface area contributed by atoms with Crippen molar-refractivity contribution >= 4 is 17.5 Å². The summed E-state index contributed by atoms with van der Waals surface area (Å²) in [5.74, 6) is 0.429. The lowest BCUT2D eigenvalue weighted by Gasteiger charge is -2.17. The van der Waals surface area contributed by atoms with Crippen LogP contribution in [0, 0.1) is 20.2 Å². The first-order valence-corrected chi connectivity index (χ1v) is 9.59. The lowest BCUT2D eigenvalue weighted by Crippen LogP contribution is -2.18. The van der Waals surface area contributed by atoms with Crippen LogP contribution in [-0.2, 0) is 10.8 Å². The fraction of sp³-hybridized carbons (Fsp3) is 0.381. The first-order chi connectivity index (χ1) is 14.1. The quantitative estimate of drug-likeness (QED) is 0.277. The third kappa shape index (κ3) is 3.70. The van der Waals surface area contributed by atoms with E-state index < -0.39 is 16.0 Å². The van der Waals surface area contributed by atoms with Gasteiger partial charge in [0.15, 0.2) is 0 Å². The van der Waals surface area contributed by atoms with Gasteiger partial charge in [0.2, 0.25) is 0 Å². The first-order valence-electron chi connectivity index (χ1n) is 9.59. The van der Waals surface area contributed by atoms with Crippen LogP contribution >= 0.6 is 0 Å². The zero-order valence-electron chi connectivity index (χ0n) is 16.5. The predicted octanol–water partition coefficient (Wildman–Crippen LogP) is 5.18. The summed E-state index contributed by atoms with van der Waals surface area (Å²) in [6.45, 7) is 3.90. The number of nitro groups is 2. The van der Waals surface area contributed by atoms with E-state index in [0.717, 1.165) is 25.7 Å². The highest BCUT2D eigenvalue weighted by atomic mass is 16.7. The fourth-order valence-electron chi connectivity index (χ4n) is 3.50. The largest absolute Gasteiger partial charge is 0.519 e. The van der Waals surface area contributed by atoms with Gasteiger partial charge >= 0.3 is 6.16 Å². The highest BCUT2D eigenvalue weighted by Gasteiger charge is 2.44. The summed E-state index contributed by atoms with van der Waals surface area (Å²) in [6.07, 6.45) is 2.36. The van der Waals surface area contributed by atoms with E-state index >= 15 is 0 Å². The molecule has 0 unspecified atom stereocenters. The second kappa shape index (κ2) is 6.79. The maximum atomic E-state index is 12.5. The minimum atomic E-state index is -0.992. The molecule has 2 aromatic carbocycles. The standard InChI is InChI=1S/C21H20N2O7/c1-20(7-8-20)15-11-13(22(25)26)3-5-17(15)29-19(24)30-18-6-4-14(23(27)28)12-16(18)21(2)9-10-21/h3-6,11-12H,7-10H2,1-2H3. The molecule has 0 heterocycles. The van der Waals surface area contributed by atoms with Gasteiger partial charge in [0.05, 0.1) is 9.85 Å². The zero-order valence-corrected chi connectivity index (χ0v) is 16.5. The monoisotopic (exact) mass is 412 g/mol. The van der Waals surface area contributed by atoms with Crippen LogP contribution < -0.4 is 9.47 Å². The lowest BCUT2D eigenvalue weighted by atomic mass is 9.96. The minimum absolute atomic E-state index is 0.0712. The maximum absolute atomic E-state index is 12.5. The van der Waals surface area contributed by atoms with E-state index in [1.165, 1.54) is 36.4 Å². The number of non-ortho nitro benzene ring substituents is 2. The summed E-state index contributed by atoms with van der Waals surface area (Å²) in [6, 6.07) is 8.21. The number of ether oxygens (including phenoxy) is 2. The molecule has 9 nitrogen and oxygen atoms in total. The van der Waals surface area contributed by atoms with Crippen molar-refractivity contribution in [2.24, 2.45) is 0 Å². The van der Waals surface area contributed by atoms with E-state index in [1.807, 2.05) is 13.8 Å². The predicted molar refractivity (Wildman–Crippen MR) is 106 cm³/mol. The summed E-state index contributed by atoms with van der Waals surface area (Å²) in [5, 5.41) is 22.2. The first kappa shape index (κ1) is 19.8. The summed E-state index contributed by atoms with van der Waals surface area (Å²) in [7, 11) is 0. The Hall–Kier alpha value is -3.49. The summed E-state index contributed by atoms with van der Waals surface area (Å²) in [4.78, 5) is 33.8. The van der Waals surface area contributed by atoms with Gasteiger partial charge in [-0.2, -0.15) is 0 Å². The third-order valence-corrected chi connectivity index (χ3v) is 6.03. The van der Waals surface area contributed by atoms with Crippen molar-refractivity contribution in [1.82, 2.24) is 0 Å². The molecule has 156 valence electrons. The van der Waals surface area contributed by atoms with Gasteiger partial charge in [-0.1, -0.05) is 13.8 Å². The molecule has 2 aromatic rings. The van der Waals surface area contributed by atoms with Crippen molar-refractivity contribution in [3.8, 4) is 11.5 Å². The number of nitrogens with zero attached hydrogens (tertiary/aromatic N) is 2. The minimum Gasteiger partial charge on any atom is -0.394 e. The second-order valence-electron chi connectivity index (χ2n) is 8.45. The molecule has 2 aliphatic carbocycles. The molecule has 0 saturated heterocycles. The van der Waals surface area contributed by atoms with E-state index in [0.29, 0.717) is 11.1 Å². The molecule has 0 aliphatic heterocycles. The Morgan fingerprint density at radius 1 is 0.800 bits per heavy atom. The molecule has 2 fully saturated rings. The number of hydrogen-bond acceptors (Lipinski definition) is 7. The topological polar surface area (TPSA) is 122 Å². The number of hydrogen-bond donors (Lipinski definition) is 0. The summed E-state index contributed by atoms with van der Waals surface area (Å²) in [5.41, 5.74) is 0.485. The molecular weight excluding hydrogens is 392 g/mol. The van der Waals surface area contributed by atoms with Crippen LogP contribution in [0.1, 0.15) is 50.7 Å². The maximum Gasteiger partial charge on any atom is 0.519 e. The van der Waals surface area contributed by atoms with Crippen molar-refractivity contribution in [3.05, 3.63) is 67.8 Å². The van der Waals surface area contributed by atoms with Crippen molar-refractivity contribution in [1.29, 1.82) is 0 Å². The molecule has 2 saturated carbocycles. The van der Waals surface area contributed by atoms with Crippen molar-refractivity contribution < 1.29 is 24.1 Å². The van der Waals surface area contributed by atoms with Gasteiger partial charge in [0.25, 0.3) is 11.4 Å². The molecule has 9 heteroatoms.